The minimum atomic E-state index is -0.736. The third kappa shape index (κ3) is 4.27. The van der Waals surface area contributed by atoms with Gasteiger partial charge < -0.3 is 20.9 Å². The Kier molecular flexibility index (Phi) is 6.54. The number of nitrogens with zero attached hydrogens (tertiary/aromatic N) is 2. The number of hydrogen-bond acceptors (Lipinski definition) is 3. The van der Waals surface area contributed by atoms with Crippen molar-refractivity contribution in [3.8, 4) is 0 Å². The third-order valence-corrected chi connectivity index (χ3v) is 5.67. The van der Waals surface area contributed by atoms with E-state index in [1.165, 1.54) is 0 Å². The van der Waals surface area contributed by atoms with Crippen molar-refractivity contribution in [1.29, 1.82) is 0 Å². The van der Waals surface area contributed by atoms with Crippen LogP contribution < -0.4 is 11.1 Å². The number of benzene rings is 2. The zero-order chi connectivity index (χ0) is 20.9. The van der Waals surface area contributed by atoms with Gasteiger partial charge in [0.1, 0.15) is 0 Å². The second-order valence-corrected chi connectivity index (χ2v) is 7.84. The summed E-state index contributed by atoms with van der Waals surface area (Å²) in [5, 5.41) is 3.05. The molecule has 1 unspecified atom stereocenters. The number of carbonyl (C=O) groups excluding carboxylic acids is 2. The number of likely N-dealkylation sites (tertiary alicyclic amines) is 1. The van der Waals surface area contributed by atoms with Crippen LogP contribution in [0.15, 0.2) is 60.7 Å². The summed E-state index contributed by atoms with van der Waals surface area (Å²) in [6, 6.07) is 19.8. The minimum absolute atomic E-state index is 0.0931. The zero-order valence-electron chi connectivity index (χ0n) is 17.2. The standard InChI is InChI=1S/C23H30N4O2/c1-26(2)16-14-25-22(29)27-15-13-20(17-21(24)28)23(27,18-9-5-3-6-10-18)19-11-7-4-8-12-19/h3-12,20H,13-17H2,1-2H3,(H2,24,28)(H,25,29). The molecule has 0 aliphatic carbocycles. The topological polar surface area (TPSA) is 78.7 Å². The summed E-state index contributed by atoms with van der Waals surface area (Å²) in [5.41, 5.74) is 6.88. The zero-order valence-corrected chi connectivity index (χ0v) is 17.2. The summed E-state index contributed by atoms with van der Waals surface area (Å²) < 4.78 is 0. The molecule has 154 valence electrons. The lowest BCUT2D eigenvalue weighted by molar-refractivity contribution is -0.119. The van der Waals surface area contributed by atoms with Gasteiger partial charge in [0.25, 0.3) is 0 Å². The number of carbonyl (C=O) groups is 2. The highest BCUT2D eigenvalue weighted by atomic mass is 16.2. The van der Waals surface area contributed by atoms with Crippen LogP contribution in [0.4, 0.5) is 4.79 Å². The Morgan fingerprint density at radius 1 is 1.07 bits per heavy atom. The molecule has 29 heavy (non-hydrogen) atoms. The first-order chi connectivity index (χ1) is 14.0. The Labute approximate surface area is 172 Å². The smallest absolute Gasteiger partial charge is 0.318 e. The number of urea groups is 1. The maximum Gasteiger partial charge on any atom is 0.318 e. The van der Waals surface area contributed by atoms with Crippen molar-refractivity contribution in [3.63, 3.8) is 0 Å². The predicted octanol–water partition coefficient (Wildman–Crippen LogP) is 2.40. The van der Waals surface area contributed by atoms with E-state index < -0.39 is 5.54 Å². The van der Waals surface area contributed by atoms with Crippen LogP contribution in [0.2, 0.25) is 0 Å². The predicted molar refractivity (Wildman–Crippen MR) is 114 cm³/mol. The molecule has 6 nitrogen and oxygen atoms in total. The van der Waals surface area contributed by atoms with Crippen LogP contribution in [0.1, 0.15) is 24.0 Å². The van der Waals surface area contributed by atoms with Crippen LogP contribution >= 0.6 is 0 Å². The fourth-order valence-electron chi connectivity index (χ4n) is 4.46. The molecule has 1 atom stereocenters. The molecule has 3 N–H and O–H groups in total. The number of likely N-dealkylation sites (N-methyl/N-ethyl adjacent to an activating group) is 1. The molecule has 1 fully saturated rings. The summed E-state index contributed by atoms with van der Waals surface area (Å²) in [6.45, 7) is 1.88. The Bertz CT molecular complexity index is 784. The van der Waals surface area contributed by atoms with Crippen molar-refractivity contribution in [2.24, 2.45) is 11.7 Å². The second-order valence-electron chi connectivity index (χ2n) is 7.84. The molecule has 1 heterocycles. The van der Waals surface area contributed by atoms with E-state index in [-0.39, 0.29) is 24.3 Å². The average Bonchev–Trinajstić information content (AvgIpc) is 3.08. The van der Waals surface area contributed by atoms with E-state index in [2.05, 4.69) is 5.32 Å². The number of nitrogens with one attached hydrogen (secondary N) is 1. The molecule has 2 aromatic carbocycles. The molecule has 0 radical (unpaired) electrons. The molecule has 0 bridgehead atoms. The molecule has 0 spiro atoms. The SMILES string of the molecule is CN(C)CCNC(=O)N1CCC(CC(N)=O)C1(c1ccccc1)c1ccccc1. The van der Waals surface area contributed by atoms with Gasteiger partial charge in [-0.2, -0.15) is 0 Å². The van der Waals surface area contributed by atoms with Crippen molar-refractivity contribution in [1.82, 2.24) is 15.1 Å². The van der Waals surface area contributed by atoms with Crippen molar-refractivity contribution in [2.75, 3.05) is 33.7 Å². The van der Waals surface area contributed by atoms with Gasteiger partial charge in [-0.15, -0.1) is 0 Å². The van der Waals surface area contributed by atoms with E-state index in [1.54, 1.807) is 0 Å². The van der Waals surface area contributed by atoms with E-state index in [4.69, 9.17) is 5.73 Å². The highest BCUT2D eigenvalue weighted by molar-refractivity contribution is 5.78. The van der Waals surface area contributed by atoms with Gasteiger partial charge >= 0.3 is 6.03 Å². The van der Waals surface area contributed by atoms with Gasteiger partial charge in [0.05, 0.1) is 5.54 Å². The lowest BCUT2D eigenvalue weighted by atomic mass is 9.72. The summed E-state index contributed by atoms with van der Waals surface area (Å²) in [6.07, 6.45) is 0.944. The third-order valence-electron chi connectivity index (χ3n) is 5.67. The van der Waals surface area contributed by atoms with Gasteiger partial charge in [0.2, 0.25) is 5.91 Å². The Hall–Kier alpha value is -2.86. The largest absolute Gasteiger partial charge is 0.370 e. The molecule has 3 amide bonds. The normalized spacial score (nSPS) is 18.0. The van der Waals surface area contributed by atoms with Crippen molar-refractivity contribution in [3.05, 3.63) is 71.8 Å². The van der Waals surface area contributed by atoms with Gasteiger partial charge in [0, 0.05) is 32.0 Å². The first-order valence-corrected chi connectivity index (χ1v) is 10.1. The second kappa shape index (κ2) is 9.09. The number of nitrogens with two attached hydrogens (primary N) is 1. The monoisotopic (exact) mass is 394 g/mol. The van der Waals surface area contributed by atoms with Crippen LogP contribution in [0, 0.1) is 5.92 Å². The number of amides is 3. The van der Waals surface area contributed by atoms with Crippen LogP contribution in [0.5, 0.6) is 0 Å². The molecule has 3 rings (SSSR count). The molecule has 1 aliphatic heterocycles. The van der Waals surface area contributed by atoms with Crippen molar-refractivity contribution < 1.29 is 9.59 Å². The molecular weight excluding hydrogens is 364 g/mol. The Balaban J connectivity index is 2.09. The molecule has 1 saturated heterocycles. The summed E-state index contributed by atoms with van der Waals surface area (Å²) >= 11 is 0. The quantitative estimate of drug-likeness (QED) is 0.757. The van der Waals surface area contributed by atoms with Crippen LogP contribution in [-0.4, -0.2) is 55.5 Å². The maximum absolute atomic E-state index is 13.3. The van der Waals surface area contributed by atoms with E-state index >= 15 is 0 Å². The molecule has 1 aliphatic rings. The lowest BCUT2D eigenvalue weighted by Crippen LogP contribution is -2.53. The number of rotatable bonds is 7. The summed E-state index contributed by atoms with van der Waals surface area (Å²) in [4.78, 5) is 29.1. The molecule has 6 heteroatoms. The van der Waals surface area contributed by atoms with Crippen LogP contribution in [-0.2, 0) is 10.3 Å². The molecule has 0 aromatic heterocycles. The van der Waals surface area contributed by atoms with E-state index in [9.17, 15) is 9.59 Å². The first-order valence-electron chi connectivity index (χ1n) is 10.1. The van der Waals surface area contributed by atoms with Gasteiger partial charge in [0.15, 0.2) is 0 Å². The van der Waals surface area contributed by atoms with Gasteiger partial charge in [-0.1, -0.05) is 60.7 Å². The van der Waals surface area contributed by atoms with Gasteiger partial charge in [-0.3, -0.25) is 4.79 Å². The van der Waals surface area contributed by atoms with Crippen molar-refractivity contribution >= 4 is 11.9 Å². The lowest BCUT2D eigenvalue weighted by Gasteiger charge is -2.43. The fraction of sp³-hybridized carbons (Fsp3) is 0.391. The average molecular weight is 395 g/mol. The molecular formula is C23H30N4O2. The minimum Gasteiger partial charge on any atom is -0.370 e. The van der Waals surface area contributed by atoms with Crippen molar-refractivity contribution in [2.45, 2.75) is 18.4 Å². The van der Waals surface area contributed by atoms with E-state index in [1.807, 2.05) is 84.6 Å². The van der Waals surface area contributed by atoms with Gasteiger partial charge in [-0.25, -0.2) is 4.79 Å². The summed E-state index contributed by atoms with van der Waals surface area (Å²) in [7, 11) is 3.95. The Morgan fingerprint density at radius 3 is 2.10 bits per heavy atom. The first kappa shape index (κ1) is 20.9. The number of hydrogen-bond donors (Lipinski definition) is 2. The van der Waals surface area contributed by atoms with E-state index in [0.717, 1.165) is 17.7 Å². The molecule has 2 aromatic rings. The fourth-order valence-corrected chi connectivity index (χ4v) is 4.46. The van der Waals surface area contributed by atoms with Gasteiger partial charge in [-0.05, 0) is 31.6 Å². The highest BCUT2D eigenvalue weighted by Gasteiger charge is 2.53. The Morgan fingerprint density at radius 2 is 1.62 bits per heavy atom. The van der Waals surface area contributed by atoms with E-state index in [0.29, 0.717) is 19.5 Å². The van der Waals surface area contributed by atoms with Crippen LogP contribution in [0.3, 0.4) is 0 Å². The maximum atomic E-state index is 13.3. The highest BCUT2D eigenvalue weighted by Crippen LogP contribution is 2.49. The number of primary amides is 1. The summed E-state index contributed by atoms with van der Waals surface area (Å²) in [5.74, 6) is -0.439. The van der Waals surface area contributed by atoms with Crippen LogP contribution in [0.25, 0.3) is 0 Å². The molecule has 0 saturated carbocycles.